The van der Waals surface area contributed by atoms with Crippen LogP contribution in [0.5, 0.6) is 0 Å². The van der Waals surface area contributed by atoms with Gasteiger partial charge in [0, 0.05) is 16.6 Å². The van der Waals surface area contributed by atoms with Crippen LogP contribution in [-0.4, -0.2) is 22.7 Å². The molecular weight excluding hydrogens is 436 g/mol. The molecule has 0 atom stereocenters. The molecule has 9 heteroatoms. The number of hydrogen-bond acceptors (Lipinski definition) is 6. The maximum Gasteiger partial charge on any atom is 0.283 e. The molecule has 0 aliphatic carbocycles. The molecule has 4 rings (SSSR count). The number of hydrogen-bond donors (Lipinski definition) is 2. The van der Waals surface area contributed by atoms with Gasteiger partial charge < -0.3 is 5.32 Å². The van der Waals surface area contributed by atoms with E-state index in [1.54, 1.807) is 36.4 Å². The van der Waals surface area contributed by atoms with Crippen molar-refractivity contribution in [3.05, 3.63) is 81.5 Å². The summed E-state index contributed by atoms with van der Waals surface area (Å²) in [6, 6.07) is 13.5. The zero-order valence-corrected chi connectivity index (χ0v) is 18.2. The lowest BCUT2D eigenvalue weighted by Crippen LogP contribution is -2.32. The van der Waals surface area contributed by atoms with Crippen molar-refractivity contribution in [2.75, 3.05) is 15.5 Å². The minimum Gasteiger partial charge on any atom is -0.350 e. The molecule has 0 spiro atoms. The third kappa shape index (κ3) is 4.21. The van der Waals surface area contributed by atoms with Crippen LogP contribution in [0, 0.1) is 13.8 Å². The smallest absolute Gasteiger partial charge is 0.283 e. The molecule has 2 heterocycles. The van der Waals surface area contributed by atoms with Crippen molar-refractivity contribution in [2.24, 2.45) is 0 Å². The van der Waals surface area contributed by atoms with Crippen molar-refractivity contribution >= 4 is 57.2 Å². The molecule has 1 aliphatic rings. The van der Waals surface area contributed by atoms with E-state index in [4.69, 9.17) is 11.6 Å². The maximum absolute atomic E-state index is 12.8. The monoisotopic (exact) mass is 452 g/mol. The Morgan fingerprint density at radius 1 is 1.00 bits per heavy atom. The minimum atomic E-state index is -0.590. The number of rotatable bonds is 5. The summed E-state index contributed by atoms with van der Waals surface area (Å²) in [4.78, 5) is 42.9. The SMILES string of the molecule is Cc1ccc(N2C(=O)C(Cl)=C(Nc3ccc(C(=O)Nc4nc(C)cs4)cc3)C2=O)cc1. The second-order valence-corrected chi connectivity index (χ2v) is 8.16. The molecule has 0 bridgehead atoms. The predicted molar refractivity (Wildman–Crippen MR) is 121 cm³/mol. The van der Waals surface area contributed by atoms with Crippen LogP contribution in [0.25, 0.3) is 0 Å². The standard InChI is InChI=1S/C22H17ClN4O3S/c1-12-3-9-16(10-4-12)27-20(29)17(23)18(21(27)30)25-15-7-5-14(6-8-15)19(28)26-22-24-13(2)11-31-22/h3-11,25H,1-2H3,(H,24,26,28). The third-order valence-corrected chi connectivity index (χ3v) is 5.80. The normalized spacial score (nSPS) is 13.7. The van der Waals surface area contributed by atoms with E-state index in [2.05, 4.69) is 15.6 Å². The van der Waals surface area contributed by atoms with Gasteiger partial charge in [-0.2, -0.15) is 0 Å². The van der Waals surface area contributed by atoms with Crippen molar-refractivity contribution < 1.29 is 14.4 Å². The molecule has 2 aromatic carbocycles. The fourth-order valence-corrected chi connectivity index (χ4v) is 3.87. The molecule has 0 unspecified atom stereocenters. The summed E-state index contributed by atoms with van der Waals surface area (Å²) in [5.41, 5.74) is 3.22. The van der Waals surface area contributed by atoms with Gasteiger partial charge in [-0.25, -0.2) is 9.88 Å². The van der Waals surface area contributed by atoms with E-state index in [1.807, 2.05) is 31.4 Å². The molecule has 0 saturated heterocycles. The Hall–Kier alpha value is -3.49. The molecule has 0 fully saturated rings. The van der Waals surface area contributed by atoms with Crippen molar-refractivity contribution in [1.82, 2.24) is 4.98 Å². The topological polar surface area (TPSA) is 91.4 Å². The van der Waals surface area contributed by atoms with Crippen LogP contribution in [0.3, 0.4) is 0 Å². The Labute approximate surface area is 187 Å². The first-order valence-electron chi connectivity index (χ1n) is 9.29. The van der Waals surface area contributed by atoms with Gasteiger partial charge in [0.25, 0.3) is 17.7 Å². The Balaban J connectivity index is 1.48. The van der Waals surface area contributed by atoms with Crippen LogP contribution in [0.4, 0.5) is 16.5 Å². The molecule has 0 radical (unpaired) electrons. The summed E-state index contributed by atoms with van der Waals surface area (Å²) in [6.45, 7) is 3.76. The van der Waals surface area contributed by atoms with Gasteiger partial charge in [0.05, 0.1) is 11.4 Å². The van der Waals surface area contributed by atoms with E-state index >= 15 is 0 Å². The first kappa shape index (κ1) is 20.8. The lowest BCUT2D eigenvalue weighted by molar-refractivity contribution is -0.120. The zero-order chi connectivity index (χ0) is 22.1. The molecule has 0 saturated carbocycles. The average Bonchev–Trinajstić information content (AvgIpc) is 3.25. The number of anilines is 3. The molecule has 156 valence electrons. The first-order valence-corrected chi connectivity index (χ1v) is 10.5. The molecule has 1 aliphatic heterocycles. The Bertz CT molecular complexity index is 1220. The highest BCUT2D eigenvalue weighted by Crippen LogP contribution is 2.30. The quantitative estimate of drug-likeness (QED) is 0.558. The van der Waals surface area contributed by atoms with E-state index in [0.717, 1.165) is 16.2 Å². The molecular formula is C22H17ClN4O3S. The Morgan fingerprint density at radius 3 is 2.29 bits per heavy atom. The van der Waals surface area contributed by atoms with Crippen molar-refractivity contribution in [3.63, 3.8) is 0 Å². The van der Waals surface area contributed by atoms with Crippen LogP contribution in [0.2, 0.25) is 0 Å². The number of nitrogens with zero attached hydrogens (tertiary/aromatic N) is 2. The van der Waals surface area contributed by atoms with Gasteiger partial charge in [0.15, 0.2) is 5.13 Å². The predicted octanol–water partition coefficient (Wildman–Crippen LogP) is 4.45. The van der Waals surface area contributed by atoms with Gasteiger partial charge in [-0.05, 0) is 50.2 Å². The molecule has 1 aromatic heterocycles. The second kappa shape index (κ2) is 8.33. The van der Waals surface area contributed by atoms with Gasteiger partial charge >= 0.3 is 0 Å². The van der Waals surface area contributed by atoms with Gasteiger partial charge in [-0.15, -0.1) is 11.3 Å². The fraction of sp³-hybridized carbons (Fsp3) is 0.0909. The summed E-state index contributed by atoms with van der Waals surface area (Å²) in [6.07, 6.45) is 0. The number of thiazole rings is 1. The number of amides is 3. The number of imide groups is 1. The number of carbonyl (C=O) groups excluding carboxylic acids is 3. The van der Waals surface area contributed by atoms with E-state index < -0.39 is 11.8 Å². The summed E-state index contributed by atoms with van der Waals surface area (Å²) >= 11 is 7.51. The number of aryl methyl sites for hydroxylation is 2. The summed E-state index contributed by atoms with van der Waals surface area (Å²) in [7, 11) is 0. The molecule has 3 amide bonds. The van der Waals surface area contributed by atoms with Crippen molar-refractivity contribution in [3.8, 4) is 0 Å². The number of carbonyl (C=O) groups is 3. The lowest BCUT2D eigenvalue weighted by atomic mass is 10.2. The lowest BCUT2D eigenvalue weighted by Gasteiger charge is -2.15. The fourth-order valence-electron chi connectivity index (χ4n) is 2.97. The highest BCUT2D eigenvalue weighted by atomic mass is 35.5. The average molecular weight is 453 g/mol. The van der Waals surface area contributed by atoms with Gasteiger partial charge in [0.1, 0.15) is 10.7 Å². The number of benzene rings is 2. The first-order chi connectivity index (χ1) is 14.8. The Kier molecular flexibility index (Phi) is 5.58. The van der Waals surface area contributed by atoms with Crippen LogP contribution in [0.1, 0.15) is 21.6 Å². The summed E-state index contributed by atoms with van der Waals surface area (Å²) in [5, 5.41) is 7.81. The summed E-state index contributed by atoms with van der Waals surface area (Å²) < 4.78 is 0. The van der Waals surface area contributed by atoms with Crippen LogP contribution < -0.4 is 15.5 Å². The Morgan fingerprint density at radius 2 is 1.68 bits per heavy atom. The molecule has 2 N–H and O–H groups in total. The largest absolute Gasteiger partial charge is 0.350 e. The number of aromatic nitrogens is 1. The second-order valence-electron chi connectivity index (χ2n) is 6.92. The van der Waals surface area contributed by atoms with Crippen LogP contribution in [0.15, 0.2) is 64.6 Å². The molecule has 7 nitrogen and oxygen atoms in total. The maximum atomic E-state index is 12.8. The summed E-state index contributed by atoms with van der Waals surface area (Å²) in [5.74, 6) is -1.43. The minimum absolute atomic E-state index is 0.0114. The highest BCUT2D eigenvalue weighted by Gasteiger charge is 2.38. The third-order valence-electron chi connectivity index (χ3n) is 4.58. The van der Waals surface area contributed by atoms with Gasteiger partial charge in [-0.3, -0.25) is 19.7 Å². The van der Waals surface area contributed by atoms with Gasteiger partial charge in [0.2, 0.25) is 0 Å². The zero-order valence-electron chi connectivity index (χ0n) is 16.6. The van der Waals surface area contributed by atoms with E-state index in [0.29, 0.717) is 22.1 Å². The van der Waals surface area contributed by atoms with E-state index in [9.17, 15) is 14.4 Å². The van der Waals surface area contributed by atoms with E-state index in [-0.39, 0.29) is 16.6 Å². The van der Waals surface area contributed by atoms with Crippen molar-refractivity contribution in [2.45, 2.75) is 13.8 Å². The van der Waals surface area contributed by atoms with E-state index in [1.165, 1.54) is 11.3 Å². The number of halogens is 1. The van der Waals surface area contributed by atoms with Gasteiger partial charge in [-0.1, -0.05) is 29.3 Å². The van der Waals surface area contributed by atoms with Crippen LogP contribution in [-0.2, 0) is 9.59 Å². The van der Waals surface area contributed by atoms with Crippen molar-refractivity contribution in [1.29, 1.82) is 0 Å². The molecule has 31 heavy (non-hydrogen) atoms. The molecule has 3 aromatic rings. The number of nitrogens with one attached hydrogen (secondary N) is 2. The highest BCUT2D eigenvalue weighted by molar-refractivity contribution is 7.13. The van der Waals surface area contributed by atoms with Crippen LogP contribution >= 0.6 is 22.9 Å².